The van der Waals surface area contributed by atoms with E-state index < -0.39 is 0 Å². The fraction of sp³-hybridized carbons (Fsp3) is 0.318. The van der Waals surface area contributed by atoms with Gasteiger partial charge in [-0.25, -0.2) is 4.39 Å². The first-order valence-electron chi connectivity index (χ1n) is 9.66. The Bertz CT molecular complexity index is 1110. The number of piperidine rings is 1. The number of hydrogen-bond donors (Lipinski definition) is 0. The zero-order valence-electron chi connectivity index (χ0n) is 15.3. The van der Waals surface area contributed by atoms with E-state index in [0.29, 0.717) is 18.3 Å². The number of fused-ring (bicyclic) bond motifs is 3. The van der Waals surface area contributed by atoms with Crippen molar-refractivity contribution in [3.8, 4) is 11.5 Å². The first kappa shape index (κ1) is 16.1. The maximum atomic E-state index is 13.4. The molecule has 0 N–H and O–H groups in total. The largest absolute Gasteiger partial charge is 0.454 e. The van der Waals surface area contributed by atoms with Gasteiger partial charge in [0.2, 0.25) is 6.79 Å². The molecule has 1 saturated heterocycles. The van der Waals surface area contributed by atoms with Gasteiger partial charge in [-0.05, 0) is 73.0 Å². The second-order valence-corrected chi connectivity index (χ2v) is 7.72. The van der Waals surface area contributed by atoms with Crippen LogP contribution in [-0.4, -0.2) is 36.5 Å². The molecule has 5 nitrogen and oxygen atoms in total. The van der Waals surface area contributed by atoms with E-state index in [9.17, 15) is 4.39 Å². The molecule has 2 aliphatic heterocycles. The minimum atomic E-state index is -0.290. The van der Waals surface area contributed by atoms with Crippen LogP contribution in [-0.2, 0) is 0 Å². The summed E-state index contributed by atoms with van der Waals surface area (Å²) in [6.45, 7) is 3.28. The molecule has 3 aromatic rings. The topological polar surface area (TPSA) is 47.7 Å². The van der Waals surface area contributed by atoms with Gasteiger partial charge < -0.3 is 14.0 Å². The Balaban J connectivity index is 1.13. The fourth-order valence-corrected chi connectivity index (χ4v) is 4.50. The molecule has 1 aromatic heterocycles. The lowest BCUT2D eigenvalue weighted by atomic mass is 9.86. The normalized spacial score (nSPS) is 18.8. The highest BCUT2D eigenvalue weighted by Crippen LogP contribution is 2.43. The van der Waals surface area contributed by atoms with E-state index in [0.717, 1.165) is 55.1 Å². The predicted octanol–water partition coefficient (Wildman–Crippen LogP) is 4.43. The van der Waals surface area contributed by atoms with Crippen molar-refractivity contribution in [2.24, 2.45) is 0 Å². The number of halogens is 1. The number of rotatable bonds is 3. The van der Waals surface area contributed by atoms with Crippen LogP contribution in [0.15, 0.2) is 34.9 Å². The molecule has 3 heterocycles. The summed E-state index contributed by atoms with van der Waals surface area (Å²) in [6, 6.07) is 8.83. The minimum absolute atomic E-state index is 0.290. The van der Waals surface area contributed by atoms with E-state index in [1.165, 1.54) is 28.8 Å². The lowest BCUT2D eigenvalue weighted by Gasteiger charge is -2.33. The molecule has 0 unspecified atom stereocenters. The molecule has 142 valence electrons. The van der Waals surface area contributed by atoms with E-state index in [-0.39, 0.29) is 5.82 Å². The molecule has 2 aromatic carbocycles. The van der Waals surface area contributed by atoms with Gasteiger partial charge in [0.1, 0.15) is 5.82 Å². The molecule has 3 aliphatic rings. The van der Waals surface area contributed by atoms with Crippen molar-refractivity contribution in [3.63, 3.8) is 0 Å². The maximum Gasteiger partial charge on any atom is 0.231 e. The highest BCUT2D eigenvalue weighted by Gasteiger charge is 2.28. The zero-order chi connectivity index (χ0) is 18.7. The van der Waals surface area contributed by atoms with Crippen LogP contribution in [0.4, 0.5) is 4.39 Å². The number of hydrogen-bond acceptors (Lipinski definition) is 5. The van der Waals surface area contributed by atoms with Crippen molar-refractivity contribution < 1.29 is 18.4 Å². The molecule has 6 heteroatoms. The minimum Gasteiger partial charge on any atom is -0.454 e. The van der Waals surface area contributed by atoms with Gasteiger partial charge in [0.15, 0.2) is 17.1 Å². The molecule has 0 atom stereocenters. The van der Waals surface area contributed by atoms with Gasteiger partial charge in [-0.2, -0.15) is 0 Å². The standard InChI is InChI=1S/C22H19FN2O3/c23-16-1-2-17-19(9-16)28-24-22(17)13-3-5-25(6-4-13)11-15-7-14-8-20-21(10-18(14)15)27-12-26-20/h1-2,7-10,13H,3-6,11-12H2. The average molecular weight is 378 g/mol. The number of likely N-dealkylation sites (tertiary alicyclic amines) is 1. The summed E-state index contributed by atoms with van der Waals surface area (Å²) in [4.78, 5) is 2.48. The Hall–Kier alpha value is -2.86. The Labute approximate surface area is 161 Å². The summed E-state index contributed by atoms with van der Waals surface area (Å²) >= 11 is 0. The quantitative estimate of drug-likeness (QED) is 0.675. The molecule has 0 saturated carbocycles. The molecular formula is C22H19FN2O3. The van der Waals surface area contributed by atoms with Gasteiger partial charge in [0.05, 0.1) is 5.69 Å². The molecule has 6 rings (SSSR count). The molecule has 1 fully saturated rings. The SMILES string of the molecule is Fc1ccc2c(C3CCN(CC4=Cc5cc6c(cc54)OCO6)CC3)noc2c1. The van der Waals surface area contributed by atoms with Crippen molar-refractivity contribution in [1.82, 2.24) is 10.1 Å². The van der Waals surface area contributed by atoms with Gasteiger partial charge in [0.25, 0.3) is 0 Å². The zero-order valence-corrected chi connectivity index (χ0v) is 15.3. The summed E-state index contributed by atoms with van der Waals surface area (Å²) in [5.74, 6) is 1.76. The lowest BCUT2D eigenvalue weighted by molar-refractivity contribution is 0.174. The van der Waals surface area contributed by atoms with Crippen LogP contribution in [0.1, 0.15) is 35.6 Å². The Kier molecular flexibility index (Phi) is 3.50. The van der Waals surface area contributed by atoms with E-state index in [2.05, 4.69) is 28.3 Å². The number of nitrogens with zero attached hydrogens (tertiary/aromatic N) is 2. The van der Waals surface area contributed by atoms with Gasteiger partial charge in [0, 0.05) is 23.9 Å². The molecule has 0 amide bonds. The van der Waals surface area contributed by atoms with Crippen molar-refractivity contribution in [1.29, 1.82) is 0 Å². The van der Waals surface area contributed by atoms with Crippen molar-refractivity contribution >= 4 is 22.6 Å². The Morgan fingerprint density at radius 1 is 1.07 bits per heavy atom. The third-order valence-corrected chi connectivity index (χ3v) is 6.05. The number of aromatic nitrogens is 1. The molecule has 28 heavy (non-hydrogen) atoms. The average Bonchev–Trinajstić information content (AvgIpc) is 3.32. The van der Waals surface area contributed by atoms with Crippen LogP contribution in [0.2, 0.25) is 0 Å². The van der Waals surface area contributed by atoms with Gasteiger partial charge in [-0.1, -0.05) is 5.16 Å². The van der Waals surface area contributed by atoms with Crippen LogP contribution in [0.3, 0.4) is 0 Å². The predicted molar refractivity (Wildman–Crippen MR) is 103 cm³/mol. The Morgan fingerprint density at radius 2 is 1.89 bits per heavy atom. The lowest BCUT2D eigenvalue weighted by Crippen LogP contribution is -2.34. The number of ether oxygens (including phenoxy) is 2. The third-order valence-electron chi connectivity index (χ3n) is 6.05. The monoisotopic (exact) mass is 378 g/mol. The summed E-state index contributed by atoms with van der Waals surface area (Å²) < 4.78 is 29.6. The van der Waals surface area contributed by atoms with Crippen molar-refractivity contribution in [2.45, 2.75) is 18.8 Å². The van der Waals surface area contributed by atoms with Gasteiger partial charge >= 0.3 is 0 Å². The summed E-state index contributed by atoms with van der Waals surface area (Å²) in [6.07, 6.45) is 4.30. The second-order valence-electron chi connectivity index (χ2n) is 7.72. The van der Waals surface area contributed by atoms with Gasteiger partial charge in [-0.15, -0.1) is 0 Å². The smallest absolute Gasteiger partial charge is 0.231 e. The molecule has 0 spiro atoms. The van der Waals surface area contributed by atoms with E-state index >= 15 is 0 Å². The van der Waals surface area contributed by atoms with E-state index in [1.54, 1.807) is 6.07 Å². The Morgan fingerprint density at radius 3 is 2.75 bits per heavy atom. The first-order valence-corrected chi connectivity index (χ1v) is 9.66. The van der Waals surface area contributed by atoms with Crippen LogP contribution in [0.5, 0.6) is 11.5 Å². The van der Waals surface area contributed by atoms with Crippen LogP contribution in [0.25, 0.3) is 22.6 Å². The van der Waals surface area contributed by atoms with E-state index in [1.807, 2.05) is 0 Å². The van der Waals surface area contributed by atoms with E-state index in [4.69, 9.17) is 14.0 Å². The summed E-state index contributed by atoms with van der Waals surface area (Å²) in [7, 11) is 0. The summed E-state index contributed by atoms with van der Waals surface area (Å²) in [5.41, 5.74) is 5.36. The van der Waals surface area contributed by atoms with Crippen LogP contribution >= 0.6 is 0 Å². The molecule has 1 aliphatic carbocycles. The maximum absolute atomic E-state index is 13.4. The number of benzene rings is 2. The molecule has 0 radical (unpaired) electrons. The fourth-order valence-electron chi connectivity index (χ4n) is 4.50. The highest BCUT2D eigenvalue weighted by molar-refractivity contribution is 5.97. The summed E-state index contributed by atoms with van der Waals surface area (Å²) in [5, 5.41) is 5.18. The third kappa shape index (κ3) is 2.52. The van der Waals surface area contributed by atoms with Crippen molar-refractivity contribution in [2.75, 3.05) is 26.4 Å². The first-order chi connectivity index (χ1) is 13.7. The highest BCUT2D eigenvalue weighted by atomic mass is 19.1. The second kappa shape index (κ2) is 6.07. The van der Waals surface area contributed by atoms with Gasteiger partial charge in [-0.3, -0.25) is 4.90 Å². The van der Waals surface area contributed by atoms with Crippen LogP contribution in [0, 0.1) is 5.82 Å². The molecular weight excluding hydrogens is 359 g/mol. The van der Waals surface area contributed by atoms with Crippen molar-refractivity contribution in [3.05, 3.63) is 53.0 Å². The molecule has 0 bridgehead atoms. The van der Waals surface area contributed by atoms with Crippen LogP contribution < -0.4 is 9.47 Å².